The first-order chi connectivity index (χ1) is 8.24. The second kappa shape index (κ2) is 5.27. The van der Waals surface area contributed by atoms with Gasteiger partial charge in [-0.1, -0.05) is 11.6 Å². The molecule has 6 heteroatoms. The van der Waals surface area contributed by atoms with Crippen molar-refractivity contribution >= 4 is 29.1 Å². The Bertz CT molecular complexity index is 486. The summed E-state index contributed by atoms with van der Waals surface area (Å²) in [5, 5.41) is 2.94. The number of carbonyl (C=O) groups excluding carboxylic acids is 2. The quantitative estimate of drug-likeness (QED) is 0.716. The molecule has 0 radical (unpaired) electrons. The lowest BCUT2D eigenvalue weighted by Gasteiger charge is -2.20. The van der Waals surface area contributed by atoms with Gasteiger partial charge < -0.3 is 16.8 Å². The number of amides is 2. The van der Waals surface area contributed by atoms with Crippen molar-refractivity contribution in [2.45, 2.75) is 13.8 Å². The number of rotatable bonds is 4. The van der Waals surface area contributed by atoms with Gasteiger partial charge in [0.2, 0.25) is 5.91 Å². The Hall–Kier alpha value is -1.75. The van der Waals surface area contributed by atoms with Gasteiger partial charge in [-0.25, -0.2) is 0 Å². The minimum atomic E-state index is -0.798. The molecule has 0 saturated heterocycles. The Labute approximate surface area is 110 Å². The van der Waals surface area contributed by atoms with Gasteiger partial charge in [-0.15, -0.1) is 0 Å². The topological polar surface area (TPSA) is 98.2 Å². The van der Waals surface area contributed by atoms with Gasteiger partial charge in [-0.2, -0.15) is 0 Å². The SMILES string of the molecule is CC(C)(CNC(=O)c1ccc(N)c(Cl)c1)C(N)=O. The number of nitrogens with two attached hydrogens (primary N) is 2. The maximum Gasteiger partial charge on any atom is 0.251 e. The Morgan fingerprint density at radius 3 is 2.50 bits per heavy atom. The van der Waals surface area contributed by atoms with Crippen LogP contribution in [0.15, 0.2) is 18.2 Å². The Kier molecular flexibility index (Phi) is 4.19. The van der Waals surface area contributed by atoms with Crippen LogP contribution in [0.25, 0.3) is 0 Å². The van der Waals surface area contributed by atoms with Gasteiger partial charge in [-0.3, -0.25) is 9.59 Å². The summed E-state index contributed by atoms with van der Waals surface area (Å²) in [6.07, 6.45) is 0. The second-order valence-electron chi connectivity index (χ2n) is 4.67. The number of carbonyl (C=O) groups is 2. The van der Waals surface area contributed by atoms with Gasteiger partial charge >= 0.3 is 0 Å². The van der Waals surface area contributed by atoms with E-state index in [1.165, 1.54) is 6.07 Å². The van der Waals surface area contributed by atoms with E-state index in [4.69, 9.17) is 23.1 Å². The first-order valence-corrected chi connectivity index (χ1v) is 5.75. The molecule has 0 saturated carbocycles. The zero-order valence-electron chi connectivity index (χ0n) is 10.3. The van der Waals surface area contributed by atoms with Crippen LogP contribution >= 0.6 is 11.6 Å². The molecular formula is C12H16ClN3O2. The lowest BCUT2D eigenvalue weighted by Crippen LogP contribution is -2.42. The molecule has 0 aliphatic rings. The van der Waals surface area contributed by atoms with Crippen molar-refractivity contribution in [2.75, 3.05) is 12.3 Å². The van der Waals surface area contributed by atoms with Crippen molar-refractivity contribution in [1.29, 1.82) is 0 Å². The summed E-state index contributed by atoms with van der Waals surface area (Å²) in [5.41, 5.74) is 10.8. The highest BCUT2D eigenvalue weighted by Gasteiger charge is 2.25. The lowest BCUT2D eigenvalue weighted by molar-refractivity contribution is -0.125. The molecule has 0 fully saturated rings. The molecule has 0 aliphatic carbocycles. The Balaban J connectivity index is 2.72. The molecule has 5 nitrogen and oxygen atoms in total. The predicted octanol–water partition coefficient (Wildman–Crippen LogP) is 1.16. The molecule has 18 heavy (non-hydrogen) atoms. The number of hydrogen-bond acceptors (Lipinski definition) is 3. The van der Waals surface area contributed by atoms with E-state index in [9.17, 15) is 9.59 Å². The van der Waals surface area contributed by atoms with Gasteiger partial charge in [0.25, 0.3) is 5.91 Å². The fraction of sp³-hybridized carbons (Fsp3) is 0.333. The zero-order chi connectivity index (χ0) is 13.9. The molecule has 98 valence electrons. The molecule has 5 N–H and O–H groups in total. The third-order valence-electron chi connectivity index (χ3n) is 2.62. The summed E-state index contributed by atoms with van der Waals surface area (Å²) in [7, 11) is 0. The number of nitrogens with one attached hydrogen (secondary N) is 1. The van der Waals surface area contributed by atoms with Crippen LogP contribution in [-0.4, -0.2) is 18.4 Å². The highest BCUT2D eigenvalue weighted by molar-refractivity contribution is 6.33. The number of nitrogen functional groups attached to an aromatic ring is 1. The average molecular weight is 270 g/mol. The second-order valence-corrected chi connectivity index (χ2v) is 5.07. The van der Waals surface area contributed by atoms with Crippen molar-refractivity contribution in [3.8, 4) is 0 Å². The minimum absolute atomic E-state index is 0.156. The molecule has 0 heterocycles. The van der Waals surface area contributed by atoms with E-state index in [0.717, 1.165) is 0 Å². The summed E-state index contributed by atoms with van der Waals surface area (Å²) in [6.45, 7) is 3.47. The molecule has 0 atom stereocenters. The Morgan fingerprint density at radius 1 is 1.39 bits per heavy atom. The molecule has 0 spiro atoms. The van der Waals surface area contributed by atoms with E-state index in [0.29, 0.717) is 16.3 Å². The molecule has 0 aliphatic heterocycles. The molecule has 1 aromatic carbocycles. The van der Waals surface area contributed by atoms with E-state index < -0.39 is 11.3 Å². The number of primary amides is 1. The van der Waals surface area contributed by atoms with E-state index in [-0.39, 0.29) is 12.5 Å². The van der Waals surface area contributed by atoms with E-state index >= 15 is 0 Å². The van der Waals surface area contributed by atoms with Crippen LogP contribution in [-0.2, 0) is 4.79 Å². The van der Waals surface area contributed by atoms with Crippen molar-refractivity contribution in [1.82, 2.24) is 5.32 Å². The van der Waals surface area contributed by atoms with Crippen LogP contribution in [0, 0.1) is 5.41 Å². The fourth-order valence-corrected chi connectivity index (χ4v) is 1.34. The average Bonchev–Trinajstić information content (AvgIpc) is 2.29. The van der Waals surface area contributed by atoms with Crippen LogP contribution in [0.2, 0.25) is 5.02 Å². The van der Waals surface area contributed by atoms with Crippen LogP contribution in [0.1, 0.15) is 24.2 Å². The van der Waals surface area contributed by atoms with Crippen molar-refractivity contribution in [3.05, 3.63) is 28.8 Å². The maximum atomic E-state index is 11.8. The van der Waals surface area contributed by atoms with Gasteiger partial charge in [0.15, 0.2) is 0 Å². The third kappa shape index (κ3) is 3.37. The summed E-state index contributed by atoms with van der Waals surface area (Å²) in [4.78, 5) is 22.9. The summed E-state index contributed by atoms with van der Waals surface area (Å²) in [5.74, 6) is -0.802. The number of hydrogen-bond donors (Lipinski definition) is 3. The van der Waals surface area contributed by atoms with Crippen molar-refractivity contribution in [2.24, 2.45) is 11.1 Å². The predicted molar refractivity (Wildman–Crippen MR) is 71.2 cm³/mol. The normalized spacial score (nSPS) is 11.1. The van der Waals surface area contributed by atoms with Gasteiger partial charge in [0.05, 0.1) is 16.1 Å². The highest BCUT2D eigenvalue weighted by Crippen LogP contribution is 2.20. The first kappa shape index (κ1) is 14.3. The minimum Gasteiger partial charge on any atom is -0.398 e. The molecule has 1 rings (SSSR count). The number of halogens is 1. The first-order valence-electron chi connectivity index (χ1n) is 5.37. The fourth-order valence-electron chi connectivity index (χ4n) is 1.16. The monoisotopic (exact) mass is 269 g/mol. The van der Waals surface area contributed by atoms with Gasteiger partial charge in [0.1, 0.15) is 0 Å². The molecule has 0 bridgehead atoms. The third-order valence-corrected chi connectivity index (χ3v) is 2.95. The molecule has 0 aromatic heterocycles. The van der Waals surface area contributed by atoms with Gasteiger partial charge in [-0.05, 0) is 32.0 Å². The molecular weight excluding hydrogens is 254 g/mol. The lowest BCUT2D eigenvalue weighted by atomic mass is 9.92. The molecule has 0 unspecified atom stereocenters. The smallest absolute Gasteiger partial charge is 0.251 e. The van der Waals surface area contributed by atoms with Crippen LogP contribution in [0.5, 0.6) is 0 Å². The van der Waals surface area contributed by atoms with Crippen LogP contribution in [0.4, 0.5) is 5.69 Å². The van der Waals surface area contributed by atoms with E-state index in [1.54, 1.807) is 26.0 Å². The van der Waals surface area contributed by atoms with E-state index in [2.05, 4.69) is 5.32 Å². The number of benzene rings is 1. The van der Waals surface area contributed by atoms with Crippen molar-refractivity contribution in [3.63, 3.8) is 0 Å². The van der Waals surface area contributed by atoms with Crippen LogP contribution in [0.3, 0.4) is 0 Å². The van der Waals surface area contributed by atoms with E-state index in [1.807, 2.05) is 0 Å². The van der Waals surface area contributed by atoms with Crippen LogP contribution < -0.4 is 16.8 Å². The van der Waals surface area contributed by atoms with Crippen molar-refractivity contribution < 1.29 is 9.59 Å². The summed E-state index contributed by atoms with van der Waals surface area (Å²) in [6, 6.07) is 4.59. The standard InChI is InChI=1S/C12H16ClN3O2/c1-12(2,11(15)18)6-16-10(17)7-3-4-9(14)8(13)5-7/h3-5H,6,14H2,1-2H3,(H2,15,18)(H,16,17). The zero-order valence-corrected chi connectivity index (χ0v) is 11.0. The largest absolute Gasteiger partial charge is 0.398 e. The molecule has 1 aromatic rings. The maximum absolute atomic E-state index is 11.8. The van der Waals surface area contributed by atoms with Gasteiger partial charge in [0, 0.05) is 12.1 Å². The summed E-state index contributed by atoms with van der Waals surface area (Å²) >= 11 is 5.82. The Morgan fingerprint density at radius 2 is 2.00 bits per heavy atom. The molecule has 2 amide bonds. The number of anilines is 1. The highest BCUT2D eigenvalue weighted by atomic mass is 35.5. The summed E-state index contributed by atoms with van der Waals surface area (Å²) < 4.78 is 0.